The Balaban J connectivity index is 1.41. The van der Waals surface area contributed by atoms with E-state index in [1.807, 2.05) is 54.2 Å². The number of para-hydroxylation sites is 1. The molecule has 1 amide bonds. The van der Waals surface area contributed by atoms with Crippen LogP contribution in [0.5, 0.6) is 0 Å². The molecular weight excluding hydrogens is 370 g/mol. The number of anilines is 2. The van der Waals surface area contributed by atoms with Crippen molar-refractivity contribution in [1.29, 1.82) is 0 Å². The Hall–Kier alpha value is -3.13. The summed E-state index contributed by atoms with van der Waals surface area (Å²) in [6.45, 7) is 0.920. The van der Waals surface area contributed by atoms with E-state index >= 15 is 0 Å². The van der Waals surface area contributed by atoms with Gasteiger partial charge in [-0.05, 0) is 12.5 Å². The van der Waals surface area contributed by atoms with Crippen LogP contribution in [0.3, 0.4) is 0 Å². The van der Waals surface area contributed by atoms with Crippen LogP contribution >= 0.6 is 0 Å². The number of β-amino-alcohol motifs (C(OH)–C–C–N with tert-alkyl or cyclic N) is 1. The van der Waals surface area contributed by atoms with Crippen molar-refractivity contribution in [3.05, 3.63) is 48.5 Å². The maximum atomic E-state index is 12.5. The van der Waals surface area contributed by atoms with E-state index in [1.165, 1.54) is 6.33 Å². The van der Waals surface area contributed by atoms with Crippen LogP contribution in [0.2, 0.25) is 0 Å². The third kappa shape index (κ3) is 4.17. The van der Waals surface area contributed by atoms with E-state index in [2.05, 4.69) is 15.3 Å². The third-order valence-corrected chi connectivity index (χ3v) is 5.23. The Labute approximate surface area is 169 Å². The highest BCUT2D eigenvalue weighted by atomic mass is 16.3. The Bertz CT molecular complexity index is 1000. The number of fused-ring (bicyclic) bond motifs is 1. The van der Waals surface area contributed by atoms with Crippen molar-refractivity contribution in [1.82, 2.24) is 15.3 Å². The second-order valence-electron chi connectivity index (χ2n) is 7.56. The maximum absolute atomic E-state index is 12.5. The zero-order valence-corrected chi connectivity index (χ0v) is 16.6. The molecule has 3 heterocycles. The lowest BCUT2D eigenvalue weighted by Gasteiger charge is -2.26. The van der Waals surface area contributed by atoms with Gasteiger partial charge in [0.25, 0.3) is 0 Å². The zero-order chi connectivity index (χ0) is 20.4. The van der Waals surface area contributed by atoms with Crippen LogP contribution in [0.25, 0.3) is 11.0 Å². The lowest BCUT2D eigenvalue weighted by atomic mass is 10.1. The topological polar surface area (TPSA) is 94.7 Å². The summed E-state index contributed by atoms with van der Waals surface area (Å²) in [6.07, 6.45) is 3.54. The molecule has 1 aliphatic heterocycles. The lowest BCUT2D eigenvalue weighted by molar-refractivity contribution is -0.120. The van der Waals surface area contributed by atoms with E-state index in [-0.39, 0.29) is 18.4 Å². The molecule has 0 bridgehead atoms. The highest BCUT2D eigenvalue weighted by molar-refractivity contribution is 5.87. The van der Waals surface area contributed by atoms with E-state index in [1.54, 1.807) is 6.26 Å². The van der Waals surface area contributed by atoms with E-state index in [0.717, 1.165) is 28.2 Å². The second kappa shape index (κ2) is 8.08. The van der Waals surface area contributed by atoms with Crippen molar-refractivity contribution in [3.8, 4) is 0 Å². The lowest BCUT2D eigenvalue weighted by Crippen LogP contribution is -2.41. The van der Waals surface area contributed by atoms with Gasteiger partial charge in [0.2, 0.25) is 5.91 Å². The smallest absolute Gasteiger partial charge is 0.224 e. The van der Waals surface area contributed by atoms with Gasteiger partial charge in [-0.15, -0.1) is 0 Å². The Morgan fingerprint density at radius 3 is 3.00 bits per heavy atom. The normalized spacial score (nSPS) is 18.9. The molecule has 29 heavy (non-hydrogen) atoms. The quantitative estimate of drug-likeness (QED) is 0.654. The summed E-state index contributed by atoms with van der Waals surface area (Å²) in [4.78, 5) is 25.1. The highest BCUT2D eigenvalue weighted by Crippen LogP contribution is 2.26. The summed E-state index contributed by atoms with van der Waals surface area (Å²) in [6, 6.07) is 9.54. The summed E-state index contributed by atoms with van der Waals surface area (Å²) in [5, 5.41) is 14.1. The largest absolute Gasteiger partial charge is 0.464 e. The first kappa shape index (κ1) is 19.2. The number of hydrogen-bond acceptors (Lipinski definition) is 7. The van der Waals surface area contributed by atoms with Gasteiger partial charge < -0.3 is 24.6 Å². The van der Waals surface area contributed by atoms with Gasteiger partial charge in [0.15, 0.2) is 0 Å². The van der Waals surface area contributed by atoms with Gasteiger partial charge in [-0.25, -0.2) is 9.97 Å². The number of aromatic nitrogens is 2. The molecule has 1 aliphatic rings. The Kier molecular flexibility index (Phi) is 5.35. The molecule has 2 atom stereocenters. The molecule has 0 saturated carbocycles. The molecule has 0 aliphatic carbocycles. The standard InChI is InChI=1S/C21H25N5O3/c1-25(2)19-9-20(24-13-23-19)26-11-16(27)8-15(26)10-22-21(28)7-14-12-29-18-6-4-3-5-17(14)18/h3-6,9,12-13,15-16,27H,7-8,10-11H2,1-2H3,(H,22,28)/t15-,16-/m1/s1. The van der Waals surface area contributed by atoms with Crippen LogP contribution < -0.4 is 15.1 Å². The number of furan rings is 1. The van der Waals surface area contributed by atoms with Crippen molar-refractivity contribution in [2.75, 3.05) is 37.0 Å². The van der Waals surface area contributed by atoms with Crippen LogP contribution in [-0.2, 0) is 11.2 Å². The molecule has 1 saturated heterocycles. The van der Waals surface area contributed by atoms with Crippen molar-refractivity contribution in [2.45, 2.75) is 25.0 Å². The van der Waals surface area contributed by atoms with E-state index in [4.69, 9.17) is 4.42 Å². The molecule has 3 aromatic rings. The molecule has 2 N–H and O–H groups in total. The average molecular weight is 395 g/mol. The first-order valence-electron chi connectivity index (χ1n) is 9.67. The number of benzene rings is 1. The minimum absolute atomic E-state index is 0.0278. The SMILES string of the molecule is CN(C)c1cc(N2C[C@H](O)C[C@@H]2CNC(=O)Cc2coc3ccccc23)ncn1. The van der Waals surface area contributed by atoms with Crippen LogP contribution in [0.15, 0.2) is 47.3 Å². The van der Waals surface area contributed by atoms with Crippen LogP contribution in [0, 0.1) is 0 Å². The Morgan fingerprint density at radius 1 is 1.34 bits per heavy atom. The molecule has 4 rings (SSSR count). The van der Waals surface area contributed by atoms with Crippen LogP contribution in [0.4, 0.5) is 11.6 Å². The molecule has 1 fully saturated rings. The fourth-order valence-electron chi connectivity index (χ4n) is 3.74. The van der Waals surface area contributed by atoms with E-state index in [9.17, 15) is 9.90 Å². The minimum Gasteiger partial charge on any atom is -0.464 e. The third-order valence-electron chi connectivity index (χ3n) is 5.23. The predicted octanol–water partition coefficient (Wildman–Crippen LogP) is 1.59. The number of rotatable bonds is 6. The predicted molar refractivity (Wildman–Crippen MR) is 111 cm³/mol. The number of nitrogens with zero attached hydrogens (tertiary/aromatic N) is 4. The molecule has 8 heteroatoms. The van der Waals surface area contributed by atoms with Crippen molar-refractivity contribution >= 4 is 28.5 Å². The van der Waals surface area contributed by atoms with Crippen LogP contribution in [-0.4, -0.2) is 60.3 Å². The average Bonchev–Trinajstić information content (AvgIpc) is 3.30. The molecule has 2 aromatic heterocycles. The summed E-state index contributed by atoms with van der Waals surface area (Å²) in [5.74, 6) is 1.47. The maximum Gasteiger partial charge on any atom is 0.224 e. The Morgan fingerprint density at radius 2 is 2.17 bits per heavy atom. The molecule has 1 aromatic carbocycles. The molecule has 0 spiro atoms. The monoisotopic (exact) mass is 395 g/mol. The van der Waals surface area contributed by atoms with Gasteiger partial charge in [0.1, 0.15) is 23.5 Å². The van der Waals surface area contributed by atoms with Crippen molar-refractivity contribution in [2.24, 2.45) is 0 Å². The number of nitrogens with one attached hydrogen (secondary N) is 1. The van der Waals surface area contributed by atoms with Crippen molar-refractivity contribution < 1.29 is 14.3 Å². The first-order chi connectivity index (χ1) is 14.0. The molecule has 152 valence electrons. The molecule has 0 unspecified atom stereocenters. The fourth-order valence-corrected chi connectivity index (χ4v) is 3.74. The second-order valence-corrected chi connectivity index (χ2v) is 7.56. The summed E-state index contributed by atoms with van der Waals surface area (Å²) < 4.78 is 5.51. The first-order valence-corrected chi connectivity index (χ1v) is 9.67. The summed E-state index contributed by atoms with van der Waals surface area (Å²) in [5.41, 5.74) is 1.65. The zero-order valence-electron chi connectivity index (χ0n) is 16.6. The number of carbonyl (C=O) groups excluding carboxylic acids is 1. The van der Waals surface area contributed by atoms with Crippen molar-refractivity contribution in [3.63, 3.8) is 0 Å². The van der Waals surface area contributed by atoms with Gasteiger partial charge in [-0.1, -0.05) is 18.2 Å². The van der Waals surface area contributed by atoms with Gasteiger partial charge in [0, 0.05) is 44.2 Å². The minimum atomic E-state index is -0.451. The number of aliphatic hydroxyl groups is 1. The number of amides is 1. The summed E-state index contributed by atoms with van der Waals surface area (Å²) >= 11 is 0. The number of aliphatic hydroxyl groups excluding tert-OH is 1. The van der Waals surface area contributed by atoms with Gasteiger partial charge >= 0.3 is 0 Å². The van der Waals surface area contributed by atoms with E-state index < -0.39 is 6.10 Å². The number of carbonyl (C=O) groups is 1. The molecule has 0 radical (unpaired) electrons. The van der Waals surface area contributed by atoms with E-state index in [0.29, 0.717) is 19.5 Å². The summed E-state index contributed by atoms with van der Waals surface area (Å²) in [7, 11) is 3.84. The molecular formula is C21H25N5O3. The fraction of sp³-hybridized carbons (Fsp3) is 0.381. The molecule has 8 nitrogen and oxygen atoms in total. The highest BCUT2D eigenvalue weighted by Gasteiger charge is 2.32. The van der Waals surface area contributed by atoms with Crippen LogP contribution in [0.1, 0.15) is 12.0 Å². The van der Waals surface area contributed by atoms with Gasteiger partial charge in [-0.3, -0.25) is 4.79 Å². The number of hydrogen-bond donors (Lipinski definition) is 2. The van der Waals surface area contributed by atoms with Gasteiger partial charge in [-0.2, -0.15) is 0 Å². The van der Waals surface area contributed by atoms with Gasteiger partial charge in [0.05, 0.1) is 24.8 Å².